The number of nitriles is 1. The van der Waals surface area contributed by atoms with Gasteiger partial charge in [-0.15, -0.1) is 0 Å². The zero-order valence-electron chi connectivity index (χ0n) is 11.4. The fraction of sp³-hybridized carbons (Fsp3) is 0.0714. The standard InChI is InChI=1S/C14H10N2O5S/c1-22(19,20)11-6-7-14(12(8-11)16(17)18)21-13-5-3-2-4-10(13)9-15/h2-8H,1H3. The summed E-state index contributed by atoms with van der Waals surface area (Å²) < 4.78 is 28.3. The molecular weight excluding hydrogens is 308 g/mol. The quantitative estimate of drug-likeness (QED) is 0.633. The van der Waals surface area contributed by atoms with Crippen molar-refractivity contribution in [2.24, 2.45) is 0 Å². The molecule has 112 valence electrons. The summed E-state index contributed by atoms with van der Waals surface area (Å²) in [5.74, 6) is 0.0142. The highest BCUT2D eigenvalue weighted by Gasteiger charge is 2.21. The highest BCUT2D eigenvalue weighted by Crippen LogP contribution is 2.34. The van der Waals surface area contributed by atoms with E-state index in [1.807, 2.05) is 6.07 Å². The Hall–Kier alpha value is -2.92. The van der Waals surface area contributed by atoms with Crippen LogP contribution in [0, 0.1) is 21.4 Å². The van der Waals surface area contributed by atoms with Gasteiger partial charge in [-0.25, -0.2) is 8.42 Å². The molecule has 0 aliphatic rings. The van der Waals surface area contributed by atoms with Gasteiger partial charge in [-0.05, 0) is 24.3 Å². The largest absolute Gasteiger partial charge is 0.449 e. The number of nitrogens with zero attached hydrogens (tertiary/aromatic N) is 2. The number of sulfone groups is 1. The highest BCUT2D eigenvalue weighted by molar-refractivity contribution is 7.90. The smallest absolute Gasteiger partial charge is 0.312 e. The van der Waals surface area contributed by atoms with Crippen LogP contribution in [-0.4, -0.2) is 19.6 Å². The summed E-state index contributed by atoms with van der Waals surface area (Å²) in [6, 6.07) is 11.5. The molecule has 0 saturated carbocycles. The number of hydrogen-bond acceptors (Lipinski definition) is 6. The third-order valence-electron chi connectivity index (χ3n) is 2.78. The predicted molar refractivity (Wildman–Crippen MR) is 77.4 cm³/mol. The first-order valence-electron chi connectivity index (χ1n) is 5.98. The number of benzene rings is 2. The van der Waals surface area contributed by atoms with E-state index < -0.39 is 20.4 Å². The summed E-state index contributed by atoms with van der Waals surface area (Å²) in [6.45, 7) is 0. The van der Waals surface area contributed by atoms with E-state index in [0.717, 1.165) is 12.3 Å². The van der Waals surface area contributed by atoms with E-state index in [9.17, 15) is 18.5 Å². The van der Waals surface area contributed by atoms with E-state index in [1.165, 1.54) is 24.3 Å². The first-order chi connectivity index (χ1) is 10.3. The van der Waals surface area contributed by atoms with Crippen LogP contribution < -0.4 is 4.74 Å². The Morgan fingerprint density at radius 3 is 2.45 bits per heavy atom. The first kappa shape index (κ1) is 15.5. The van der Waals surface area contributed by atoms with Crippen LogP contribution in [0.4, 0.5) is 5.69 Å². The lowest BCUT2D eigenvalue weighted by Crippen LogP contribution is -2.00. The molecule has 0 unspecified atom stereocenters. The van der Waals surface area contributed by atoms with Crippen molar-refractivity contribution in [3.63, 3.8) is 0 Å². The molecule has 2 rings (SSSR count). The van der Waals surface area contributed by atoms with Gasteiger partial charge in [-0.2, -0.15) is 5.26 Å². The summed E-state index contributed by atoms with van der Waals surface area (Å²) in [4.78, 5) is 10.2. The van der Waals surface area contributed by atoms with E-state index >= 15 is 0 Å². The van der Waals surface area contributed by atoms with Crippen molar-refractivity contribution in [1.29, 1.82) is 5.26 Å². The number of rotatable bonds is 4. The third-order valence-corrected chi connectivity index (χ3v) is 3.89. The van der Waals surface area contributed by atoms with Gasteiger partial charge in [-0.3, -0.25) is 10.1 Å². The fourth-order valence-corrected chi connectivity index (χ4v) is 2.36. The van der Waals surface area contributed by atoms with Gasteiger partial charge in [0.15, 0.2) is 9.84 Å². The molecule has 0 aliphatic carbocycles. The Morgan fingerprint density at radius 1 is 1.18 bits per heavy atom. The molecule has 7 nitrogen and oxygen atoms in total. The normalized spacial score (nSPS) is 10.7. The monoisotopic (exact) mass is 318 g/mol. The lowest BCUT2D eigenvalue weighted by atomic mass is 10.2. The average molecular weight is 318 g/mol. The maximum absolute atomic E-state index is 11.5. The number of ether oxygens (including phenoxy) is 1. The molecule has 0 radical (unpaired) electrons. The molecule has 0 spiro atoms. The summed E-state index contributed by atoms with van der Waals surface area (Å²) in [7, 11) is -3.57. The second-order valence-electron chi connectivity index (χ2n) is 4.37. The Bertz CT molecular complexity index is 884. The molecule has 0 amide bonds. The molecule has 0 atom stereocenters. The van der Waals surface area contributed by atoms with Gasteiger partial charge in [0.2, 0.25) is 5.75 Å². The SMILES string of the molecule is CS(=O)(=O)c1ccc(Oc2ccccc2C#N)c([N+](=O)[O-])c1. The lowest BCUT2D eigenvalue weighted by molar-refractivity contribution is -0.385. The Balaban J connectivity index is 2.52. The van der Waals surface area contributed by atoms with Gasteiger partial charge in [0, 0.05) is 12.3 Å². The molecule has 0 heterocycles. The second kappa shape index (κ2) is 5.83. The van der Waals surface area contributed by atoms with Crippen LogP contribution in [0.1, 0.15) is 5.56 Å². The molecule has 0 aromatic heterocycles. The number of nitro benzene ring substituents is 1. The molecule has 0 saturated heterocycles. The van der Waals surface area contributed by atoms with Gasteiger partial charge >= 0.3 is 5.69 Å². The van der Waals surface area contributed by atoms with Gasteiger partial charge in [0.1, 0.15) is 11.8 Å². The Labute approximate surface area is 126 Å². The van der Waals surface area contributed by atoms with E-state index in [-0.39, 0.29) is 22.0 Å². The lowest BCUT2D eigenvalue weighted by Gasteiger charge is -2.08. The van der Waals surface area contributed by atoms with Crippen LogP contribution in [0.3, 0.4) is 0 Å². The molecular formula is C14H10N2O5S. The summed E-state index contributed by atoms with van der Waals surface area (Å²) in [5, 5.41) is 20.1. The van der Waals surface area contributed by atoms with Crippen LogP contribution in [0.25, 0.3) is 0 Å². The van der Waals surface area contributed by atoms with Crippen molar-refractivity contribution < 1.29 is 18.1 Å². The van der Waals surface area contributed by atoms with E-state index in [0.29, 0.717) is 0 Å². The van der Waals surface area contributed by atoms with Gasteiger partial charge in [0.05, 0.1) is 15.4 Å². The third kappa shape index (κ3) is 3.21. The molecule has 22 heavy (non-hydrogen) atoms. The van der Waals surface area contributed by atoms with Gasteiger partial charge in [0.25, 0.3) is 0 Å². The van der Waals surface area contributed by atoms with E-state index in [4.69, 9.17) is 10.00 Å². The first-order valence-corrected chi connectivity index (χ1v) is 7.87. The minimum absolute atomic E-state index is 0.139. The van der Waals surface area contributed by atoms with Gasteiger partial charge in [-0.1, -0.05) is 12.1 Å². The summed E-state index contributed by atoms with van der Waals surface area (Å²) >= 11 is 0. The topological polar surface area (TPSA) is 110 Å². The zero-order valence-corrected chi connectivity index (χ0v) is 12.2. The molecule has 2 aromatic rings. The maximum atomic E-state index is 11.5. The van der Waals surface area contributed by atoms with E-state index in [1.54, 1.807) is 12.1 Å². The van der Waals surface area contributed by atoms with Crippen LogP contribution in [0.2, 0.25) is 0 Å². The van der Waals surface area contributed by atoms with Crippen molar-refractivity contribution in [1.82, 2.24) is 0 Å². The van der Waals surface area contributed by atoms with Crippen molar-refractivity contribution in [2.45, 2.75) is 4.90 Å². The van der Waals surface area contributed by atoms with Crippen LogP contribution >= 0.6 is 0 Å². The number of hydrogen-bond donors (Lipinski definition) is 0. The van der Waals surface area contributed by atoms with Gasteiger partial charge < -0.3 is 4.74 Å². The molecule has 0 N–H and O–H groups in total. The second-order valence-corrected chi connectivity index (χ2v) is 6.38. The van der Waals surface area contributed by atoms with Crippen LogP contribution in [0.15, 0.2) is 47.4 Å². The molecule has 0 bridgehead atoms. The van der Waals surface area contributed by atoms with Crippen LogP contribution in [0.5, 0.6) is 11.5 Å². The molecule has 8 heteroatoms. The van der Waals surface area contributed by atoms with E-state index in [2.05, 4.69) is 0 Å². The van der Waals surface area contributed by atoms with Crippen LogP contribution in [-0.2, 0) is 9.84 Å². The van der Waals surface area contributed by atoms with Crippen molar-refractivity contribution >= 4 is 15.5 Å². The number of nitro groups is 1. The average Bonchev–Trinajstić information content (AvgIpc) is 2.46. The number of para-hydroxylation sites is 1. The predicted octanol–water partition coefficient (Wildman–Crippen LogP) is 2.66. The Kier molecular flexibility index (Phi) is 4.10. The van der Waals surface area contributed by atoms with Crippen molar-refractivity contribution in [3.05, 3.63) is 58.1 Å². The minimum atomic E-state index is -3.57. The molecule has 0 aliphatic heterocycles. The maximum Gasteiger partial charge on any atom is 0.312 e. The van der Waals surface area contributed by atoms with Crippen molar-refractivity contribution in [2.75, 3.05) is 6.26 Å². The summed E-state index contributed by atoms with van der Waals surface area (Å²) in [5.41, 5.74) is -0.278. The molecule has 0 fully saturated rings. The fourth-order valence-electron chi connectivity index (χ4n) is 1.72. The highest BCUT2D eigenvalue weighted by atomic mass is 32.2. The minimum Gasteiger partial charge on any atom is -0.449 e. The van der Waals surface area contributed by atoms with Crippen molar-refractivity contribution in [3.8, 4) is 17.6 Å². The zero-order chi connectivity index (χ0) is 16.3. The molecule has 2 aromatic carbocycles. The summed E-state index contributed by atoms with van der Waals surface area (Å²) in [6.07, 6.45) is 0.956. The Morgan fingerprint density at radius 2 is 1.86 bits per heavy atom.